The highest BCUT2D eigenvalue weighted by atomic mass is 127. The molecule has 0 rings (SSSR count). The summed E-state index contributed by atoms with van der Waals surface area (Å²) in [6, 6.07) is 0. The summed E-state index contributed by atoms with van der Waals surface area (Å²) in [6.45, 7) is 5.17. The third kappa shape index (κ3) is 10.6. The number of rotatable bonds is 5. The van der Waals surface area contributed by atoms with Crippen molar-refractivity contribution in [1.29, 1.82) is 0 Å². The van der Waals surface area contributed by atoms with E-state index in [-0.39, 0.29) is 30.1 Å². The monoisotopic (exact) mass is 301 g/mol. The van der Waals surface area contributed by atoms with Crippen LogP contribution >= 0.6 is 0 Å². The molecule has 0 amide bonds. The Morgan fingerprint density at radius 3 is 1.92 bits per heavy atom. The molecule has 2 unspecified atom stereocenters. The number of halogens is 1. The molecule has 2 nitrogen and oxygen atoms in total. The summed E-state index contributed by atoms with van der Waals surface area (Å²) < 4.78 is 1.02. The minimum Gasteiger partial charge on any atom is -1.00 e. The van der Waals surface area contributed by atoms with E-state index in [0.717, 1.165) is 10.9 Å². The summed E-state index contributed by atoms with van der Waals surface area (Å²) >= 11 is 0. The molecule has 0 fully saturated rings. The molecule has 0 aromatic heterocycles. The molecule has 0 heterocycles. The fourth-order valence-corrected chi connectivity index (χ4v) is 1.13. The highest BCUT2D eigenvalue weighted by molar-refractivity contribution is 4.58. The van der Waals surface area contributed by atoms with Crippen LogP contribution in [0.3, 0.4) is 0 Å². The topological polar surface area (TPSA) is 20.2 Å². The fraction of sp³-hybridized carbons (Fsp3) is 1.00. The zero-order valence-electron chi connectivity index (χ0n) is 9.55. The van der Waals surface area contributed by atoms with Gasteiger partial charge in [-0.25, -0.2) is 0 Å². The van der Waals surface area contributed by atoms with Crippen LogP contribution in [-0.4, -0.2) is 43.4 Å². The van der Waals surface area contributed by atoms with E-state index in [2.05, 4.69) is 28.1 Å². The summed E-state index contributed by atoms with van der Waals surface area (Å²) in [4.78, 5) is 0. The quantitative estimate of drug-likeness (QED) is 0.484. The van der Waals surface area contributed by atoms with Crippen molar-refractivity contribution in [2.75, 3.05) is 27.7 Å². The van der Waals surface area contributed by atoms with Crippen LogP contribution in [0.4, 0.5) is 0 Å². The van der Waals surface area contributed by atoms with Gasteiger partial charge >= 0.3 is 0 Å². The lowest BCUT2D eigenvalue weighted by molar-refractivity contribution is -0.870. The highest BCUT2D eigenvalue weighted by Crippen LogP contribution is 2.11. The number of quaternary nitrogens is 1. The Bertz CT molecular complexity index is 121. The van der Waals surface area contributed by atoms with Gasteiger partial charge in [0.05, 0.1) is 33.8 Å². The van der Waals surface area contributed by atoms with Gasteiger partial charge in [-0.05, 0) is 25.7 Å². The van der Waals surface area contributed by atoms with E-state index in [1.165, 1.54) is 13.0 Å². The van der Waals surface area contributed by atoms with E-state index in [9.17, 15) is 5.11 Å². The fourth-order valence-electron chi connectivity index (χ4n) is 1.13. The van der Waals surface area contributed by atoms with Gasteiger partial charge < -0.3 is 33.6 Å². The first-order valence-corrected chi connectivity index (χ1v) is 4.81. The summed E-state index contributed by atoms with van der Waals surface area (Å²) in [5, 5.41) is 9.25. The molecule has 1 N–H and O–H groups in total. The lowest BCUT2D eigenvalue weighted by Crippen LogP contribution is -3.00. The van der Waals surface area contributed by atoms with Crippen LogP contribution in [0.1, 0.15) is 26.7 Å². The van der Waals surface area contributed by atoms with Crippen LogP contribution in [0.25, 0.3) is 0 Å². The van der Waals surface area contributed by atoms with E-state index in [1.54, 1.807) is 0 Å². The molecule has 0 aromatic carbocycles. The van der Waals surface area contributed by atoms with Crippen LogP contribution in [0.2, 0.25) is 0 Å². The van der Waals surface area contributed by atoms with Crippen molar-refractivity contribution in [3.8, 4) is 0 Å². The van der Waals surface area contributed by atoms with Gasteiger partial charge in [0.15, 0.2) is 0 Å². The van der Waals surface area contributed by atoms with Crippen molar-refractivity contribution in [3.63, 3.8) is 0 Å². The van der Waals surface area contributed by atoms with Gasteiger partial charge in [0.25, 0.3) is 0 Å². The van der Waals surface area contributed by atoms with E-state index in [1.807, 2.05) is 6.92 Å². The summed E-state index contributed by atoms with van der Waals surface area (Å²) in [5.74, 6) is 0.441. The van der Waals surface area contributed by atoms with Crippen LogP contribution in [0.15, 0.2) is 0 Å². The van der Waals surface area contributed by atoms with E-state index in [4.69, 9.17) is 0 Å². The number of aliphatic hydroxyl groups excluding tert-OH is 1. The predicted octanol–water partition coefficient (Wildman–Crippen LogP) is -1.51. The molecule has 3 heteroatoms. The molecular formula is C10H24INO. The first kappa shape index (κ1) is 16.1. The normalized spacial score (nSPS) is 16.2. The molecule has 82 valence electrons. The molecule has 0 aliphatic rings. The Morgan fingerprint density at radius 1 is 1.15 bits per heavy atom. The van der Waals surface area contributed by atoms with Crippen molar-refractivity contribution in [2.24, 2.45) is 5.92 Å². The predicted molar refractivity (Wildman–Crippen MR) is 53.0 cm³/mol. The molecule has 0 bridgehead atoms. The SMILES string of the molecule is CC(O)C(C)CCC[N+](C)(C)C.[I-]. The Labute approximate surface area is 99.9 Å². The van der Waals surface area contributed by atoms with Gasteiger partial charge in [0, 0.05) is 0 Å². The second-order valence-corrected chi connectivity index (χ2v) is 4.87. The Hall–Kier alpha value is 0.650. The van der Waals surface area contributed by atoms with Gasteiger partial charge in [-0.2, -0.15) is 0 Å². The number of hydrogen-bond donors (Lipinski definition) is 1. The number of hydrogen-bond acceptors (Lipinski definition) is 1. The largest absolute Gasteiger partial charge is 1.00 e. The maximum atomic E-state index is 9.25. The maximum absolute atomic E-state index is 9.25. The van der Waals surface area contributed by atoms with Crippen LogP contribution in [0.5, 0.6) is 0 Å². The molecule has 13 heavy (non-hydrogen) atoms. The number of aliphatic hydroxyl groups is 1. The summed E-state index contributed by atoms with van der Waals surface area (Å²) in [6.07, 6.45) is 2.18. The van der Waals surface area contributed by atoms with Crippen LogP contribution < -0.4 is 24.0 Å². The molecule has 0 saturated heterocycles. The van der Waals surface area contributed by atoms with Gasteiger partial charge in [0.2, 0.25) is 0 Å². The Morgan fingerprint density at radius 2 is 1.62 bits per heavy atom. The molecule has 2 atom stereocenters. The minimum atomic E-state index is -0.155. The van der Waals surface area contributed by atoms with E-state index < -0.39 is 0 Å². The van der Waals surface area contributed by atoms with E-state index >= 15 is 0 Å². The van der Waals surface area contributed by atoms with Crippen molar-refractivity contribution < 1.29 is 33.6 Å². The standard InChI is InChI=1S/C10H24NO.HI/c1-9(10(2)12)7-6-8-11(3,4)5;/h9-10,12H,6-8H2,1-5H3;1H/q+1;/p-1. The van der Waals surface area contributed by atoms with Gasteiger partial charge in [-0.1, -0.05) is 6.92 Å². The third-order valence-electron chi connectivity index (χ3n) is 2.31. The van der Waals surface area contributed by atoms with Crippen LogP contribution in [0, 0.1) is 5.92 Å². The van der Waals surface area contributed by atoms with E-state index in [0.29, 0.717) is 5.92 Å². The molecule has 0 spiro atoms. The van der Waals surface area contributed by atoms with Crippen LogP contribution in [-0.2, 0) is 0 Å². The molecule has 0 aliphatic heterocycles. The first-order chi connectivity index (χ1) is 5.33. The second-order valence-electron chi connectivity index (χ2n) is 4.87. The molecule has 0 aromatic rings. The van der Waals surface area contributed by atoms with Gasteiger partial charge in [0.1, 0.15) is 0 Å². The average Bonchev–Trinajstić information content (AvgIpc) is 1.84. The molecule has 0 radical (unpaired) electrons. The van der Waals surface area contributed by atoms with Crippen molar-refractivity contribution in [1.82, 2.24) is 0 Å². The average molecular weight is 301 g/mol. The van der Waals surface area contributed by atoms with Gasteiger partial charge in [-0.15, -0.1) is 0 Å². The molecule has 0 saturated carbocycles. The Balaban J connectivity index is 0. The van der Waals surface area contributed by atoms with Gasteiger partial charge in [-0.3, -0.25) is 0 Å². The number of nitrogens with zero attached hydrogens (tertiary/aromatic N) is 1. The first-order valence-electron chi connectivity index (χ1n) is 4.81. The van der Waals surface area contributed by atoms with Crippen molar-refractivity contribution in [3.05, 3.63) is 0 Å². The van der Waals surface area contributed by atoms with Crippen molar-refractivity contribution >= 4 is 0 Å². The second kappa shape index (κ2) is 7.01. The summed E-state index contributed by atoms with van der Waals surface area (Å²) in [5.41, 5.74) is 0. The zero-order valence-corrected chi connectivity index (χ0v) is 11.7. The Kier molecular flexibility index (Phi) is 8.68. The molecule has 0 aliphatic carbocycles. The smallest absolute Gasteiger partial charge is 0.0780 e. The summed E-state index contributed by atoms with van der Waals surface area (Å²) in [7, 11) is 6.60. The zero-order chi connectivity index (χ0) is 9.78. The lowest BCUT2D eigenvalue weighted by Gasteiger charge is -2.24. The third-order valence-corrected chi connectivity index (χ3v) is 2.31. The lowest BCUT2D eigenvalue weighted by atomic mass is 10.0. The minimum absolute atomic E-state index is 0. The molecular weight excluding hydrogens is 277 g/mol. The highest BCUT2D eigenvalue weighted by Gasteiger charge is 2.11. The maximum Gasteiger partial charge on any atom is 0.0780 e. The van der Waals surface area contributed by atoms with Crippen molar-refractivity contribution in [2.45, 2.75) is 32.8 Å².